The third-order valence-corrected chi connectivity index (χ3v) is 5.01. The number of nitrogens with one attached hydrogen (secondary N) is 1. The van der Waals surface area contributed by atoms with Crippen molar-refractivity contribution in [3.05, 3.63) is 17.2 Å². The second-order valence-electron chi connectivity index (χ2n) is 6.59. The van der Waals surface area contributed by atoms with Gasteiger partial charge in [-0.25, -0.2) is 14.2 Å². The number of hydrogen-bond acceptors (Lipinski definition) is 8. The molecule has 2 aliphatic rings. The second kappa shape index (κ2) is 7.40. The highest BCUT2D eigenvalue weighted by Crippen LogP contribution is 2.32. The topological polar surface area (TPSA) is 89.5 Å². The number of carbonyl (C=O) groups excluding carboxylic acids is 1. The summed E-state index contributed by atoms with van der Waals surface area (Å²) in [5.74, 6) is -0.756. The Bertz CT molecular complexity index is 871. The lowest BCUT2D eigenvalue weighted by Gasteiger charge is -2.34. The van der Waals surface area contributed by atoms with E-state index in [0.717, 1.165) is 25.9 Å². The zero-order chi connectivity index (χ0) is 19.0. The normalized spacial score (nSPS) is 21.5. The molecule has 2 saturated heterocycles. The Balaban J connectivity index is 1.71. The van der Waals surface area contributed by atoms with Crippen molar-refractivity contribution in [3.8, 4) is 6.01 Å². The fraction of sp³-hybridized carbons (Fsp3) is 0.529. The minimum Gasteiger partial charge on any atom is -0.463 e. The Hall–Kier alpha value is -2.26. The molecule has 0 saturated carbocycles. The van der Waals surface area contributed by atoms with Crippen LogP contribution < -0.4 is 15.0 Å². The van der Waals surface area contributed by atoms with Crippen LogP contribution in [0.4, 0.5) is 10.2 Å². The van der Waals surface area contributed by atoms with E-state index in [2.05, 4.69) is 25.2 Å². The monoisotopic (exact) mass is 395 g/mol. The maximum absolute atomic E-state index is 14.5. The SMILES string of the molecule is CCOC(=O)COc1nc(N2CC3CCC(C2)N3)c2cnc(Cl)c(F)c2n1. The molecular weight excluding hydrogens is 377 g/mol. The number of carbonyl (C=O) groups is 1. The first kappa shape index (κ1) is 18.1. The molecule has 2 atom stereocenters. The summed E-state index contributed by atoms with van der Waals surface area (Å²) in [7, 11) is 0. The van der Waals surface area contributed by atoms with Crippen molar-refractivity contribution < 1.29 is 18.7 Å². The Morgan fingerprint density at radius 2 is 2.11 bits per heavy atom. The standard InChI is InChI=1S/C17H19ClFN5O3/c1-2-26-12(25)8-27-17-22-14-11(5-20-15(18)13(14)19)16(23-17)24-6-9-3-4-10(7-24)21-9/h5,9-10,21H,2-4,6-8H2,1H3. The zero-order valence-electron chi connectivity index (χ0n) is 14.7. The minimum atomic E-state index is -0.739. The summed E-state index contributed by atoms with van der Waals surface area (Å²) in [4.78, 5) is 26.1. The molecule has 2 aromatic rings. The van der Waals surface area contributed by atoms with Crippen molar-refractivity contribution in [2.75, 3.05) is 31.2 Å². The number of ether oxygens (including phenoxy) is 2. The Kier molecular flexibility index (Phi) is 4.96. The van der Waals surface area contributed by atoms with Crippen LogP contribution in [0.5, 0.6) is 6.01 Å². The fourth-order valence-electron chi connectivity index (χ4n) is 3.60. The number of rotatable bonds is 5. The lowest BCUT2D eigenvalue weighted by atomic mass is 10.2. The van der Waals surface area contributed by atoms with E-state index in [1.54, 1.807) is 6.92 Å². The van der Waals surface area contributed by atoms with Crippen molar-refractivity contribution >= 4 is 34.3 Å². The van der Waals surface area contributed by atoms with Gasteiger partial charge in [-0.1, -0.05) is 11.6 Å². The van der Waals surface area contributed by atoms with Gasteiger partial charge in [-0.15, -0.1) is 0 Å². The van der Waals surface area contributed by atoms with Crippen LogP contribution in [-0.2, 0) is 9.53 Å². The van der Waals surface area contributed by atoms with Crippen LogP contribution in [-0.4, -0.2) is 59.3 Å². The predicted octanol–water partition coefficient (Wildman–Crippen LogP) is 1.70. The molecule has 0 spiro atoms. The van der Waals surface area contributed by atoms with Crippen LogP contribution in [0.3, 0.4) is 0 Å². The summed E-state index contributed by atoms with van der Waals surface area (Å²) in [6, 6.07) is 0.628. The first-order chi connectivity index (χ1) is 13.0. The van der Waals surface area contributed by atoms with E-state index in [4.69, 9.17) is 21.1 Å². The molecular formula is C17H19ClFN5O3. The molecule has 2 aliphatic heterocycles. The number of aromatic nitrogens is 3. The Morgan fingerprint density at radius 1 is 1.37 bits per heavy atom. The van der Waals surface area contributed by atoms with Gasteiger partial charge >= 0.3 is 12.0 Å². The van der Waals surface area contributed by atoms with E-state index in [9.17, 15) is 9.18 Å². The van der Waals surface area contributed by atoms with Crippen LogP contribution in [0.25, 0.3) is 10.9 Å². The summed E-state index contributed by atoms with van der Waals surface area (Å²) in [6.45, 7) is 3.07. The smallest absolute Gasteiger partial charge is 0.344 e. The van der Waals surface area contributed by atoms with E-state index in [0.29, 0.717) is 23.3 Å². The van der Waals surface area contributed by atoms with Gasteiger partial charge in [-0.05, 0) is 19.8 Å². The van der Waals surface area contributed by atoms with Crippen LogP contribution in [0.2, 0.25) is 5.15 Å². The van der Waals surface area contributed by atoms with E-state index in [1.165, 1.54) is 6.20 Å². The lowest BCUT2D eigenvalue weighted by Crippen LogP contribution is -2.51. The van der Waals surface area contributed by atoms with Gasteiger partial charge in [0.2, 0.25) is 0 Å². The molecule has 0 amide bonds. The molecule has 4 rings (SSSR count). The molecule has 2 unspecified atom stereocenters. The van der Waals surface area contributed by atoms with Crippen LogP contribution in [0.15, 0.2) is 6.20 Å². The maximum Gasteiger partial charge on any atom is 0.344 e. The maximum atomic E-state index is 14.5. The van der Waals surface area contributed by atoms with E-state index >= 15 is 0 Å². The quantitative estimate of drug-likeness (QED) is 0.604. The Labute approximate surface area is 160 Å². The average Bonchev–Trinajstić information content (AvgIpc) is 3.00. The van der Waals surface area contributed by atoms with Gasteiger partial charge in [-0.2, -0.15) is 9.97 Å². The number of anilines is 1. The summed E-state index contributed by atoms with van der Waals surface area (Å²) in [5.41, 5.74) is 0.0183. The predicted molar refractivity (Wildman–Crippen MR) is 96.6 cm³/mol. The summed E-state index contributed by atoms with van der Waals surface area (Å²) in [5, 5.41) is 3.72. The number of fused-ring (bicyclic) bond motifs is 3. The average molecular weight is 396 g/mol. The largest absolute Gasteiger partial charge is 0.463 e. The van der Waals surface area contributed by atoms with Crippen molar-refractivity contribution in [1.82, 2.24) is 20.3 Å². The van der Waals surface area contributed by atoms with Crippen LogP contribution in [0.1, 0.15) is 19.8 Å². The van der Waals surface area contributed by atoms with E-state index in [-0.39, 0.29) is 29.9 Å². The number of pyridine rings is 1. The number of esters is 1. The highest BCUT2D eigenvalue weighted by Gasteiger charge is 2.34. The molecule has 1 N–H and O–H groups in total. The summed E-state index contributed by atoms with van der Waals surface area (Å²) >= 11 is 5.82. The number of nitrogens with zero attached hydrogens (tertiary/aromatic N) is 4. The van der Waals surface area contributed by atoms with Crippen LogP contribution in [0, 0.1) is 5.82 Å². The van der Waals surface area contributed by atoms with Gasteiger partial charge in [0, 0.05) is 31.4 Å². The molecule has 10 heteroatoms. The molecule has 27 heavy (non-hydrogen) atoms. The van der Waals surface area contributed by atoms with Crippen molar-refractivity contribution in [2.45, 2.75) is 31.8 Å². The molecule has 0 radical (unpaired) electrons. The first-order valence-corrected chi connectivity index (χ1v) is 9.24. The minimum absolute atomic E-state index is 0.0183. The highest BCUT2D eigenvalue weighted by atomic mass is 35.5. The van der Waals surface area contributed by atoms with Gasteiger partial charge in [-0.3, -0.25) is 0 Å². The molecule has 2 aromatic heterocycles. The number of piperazine rings is 1. The summed E-state index contributed by atoms with van der Waals surface area (Å²) in [6.07, 6.45) is 3.65. The molecule has 2 bridgehead atoms. The summed E-state index contributed by atoms with van der Waals surface area (Å²) < 4.78 is 24.7. The van der Waals surface area contributed by atoms with Gasteiger partial charge in [0.05, 0.1) is 12.0 Å². The van der Waals surface area contributed by atoms with Crippen LogP contribution >= 0.6 is 11.6 Å². The van der Waals surface area contributed by atoms with E-state index in [1.807, 2.05) is 0 Å². The van der Waals surface area contributed by atoms with Gasteiger partial charge in [0.1, 0.15) is 11.3 Å². The van der Waals surface area contributed by atoms with Gasteiger partial charge in [0.25, 0.3) is 0 Å². The lowest BCUT2D eigenvalue weighted by molar-refractivity contribution is -0.145. The molecule has 4 heterocycles. The molecule has 8 nitrogen and oxygen atoms in total. The Morgan fingerprint density at radius 3 is 2.81 bits per heavy atom. The number of halogens is 2. The first-order valence-electron chi connectivity index (χ1n) is 8.86. The fourth-order valence-corrected chi connectivity index (χ4v) is 3.74. The van der Waals surface area contributed by atoms with Crippen molar-refractivity contribution in [3.63, 3.8) is 0 Å². The van der Waals surface area contributed by atoms with Crippen molar-refractivity contribution in [2.24, 2.45) is 0 Å². The third kappa shape index (κ3) is 3.61. The van der Waals surface area contributed by atoms with Crippen molar-refractivity contribution in [1.29, 1.82) is 0 Å². The van der Waals surface area contributed by atoms with Gasteiger partial charge in [0.15, 0.2) is 17.6 Å². The molecule has 2 fully saturated rings. The molecule has 144 valence electrons. The third-order valence-electron chi connectivity index (χ3n) is 4.74. The number of hydrogen-bond donors (Lipinski definition) is 1. The highest BCUT2D eigenvalue weighted by molar-refractivity contribution is 6.30. The molecule has 0 aliphatic carbocycles. The second-order valence-corrected chi connectivity index (χ2v) is 6.95. The van der Waals surface area contributed by atoms with Gasteiger partial charge < -0.3 is 19.7 Å². The van der Waals surface area contributed by atoms with E-state index < -0.39 is 11.8 Å². The zero-order valence-corrected chi connectivity index (χ0v) is 15.5. The molecule has 0 aromatic carbocycles.